The first-order chi connectivity index (χ1) is 16.8. The van der Waals surface area contributed by atoms with Crippen molar-refractivity contribution in [3.05, 3.63) is 95.4 Å². The van der Waals surface area contributed by atoms with Crippen molar-refractivity contribution in [1.29, 1.82) is 0 Å². The van der Waals surface area contributed by atoms with Gasteiger partial charge in [0.25, 0.3) is 11.6 Å². The number of anilines is 1. The minimum Gasteiger partial charge on any atom is -0.493 e. The van der Waals surface area contributed by atoms with Gasteiger partial charge in [-0.1, -0.05) is 59.8 Å². The van der Waals surface area contributed by atoms with Crippen molar-refractivity contribution >= 4 is 85.9 Å². The van der Waals surface area contributed by atoms with Crippen molar-refractivity contribution in [1.82, 2.24) is 0 Å². The molecule has 1 aliphatic heterocycles. The summed E-state index contributed by atoms with van der Waals surface area (Å²) in [4.78, 5) is 25.4. The summed E-state index contributed by atoms with van der Waals surface area (Å²) in [5, 5.41) is 11.7. The number of hydrogen-bond acceptors (Lipinski definition) is 7. The molecule has 1 saturated heterocycles. The van der Waals surface area contributed by atoms with Gasteiger partial charge in [0, 0.05) is 22.7 Å². The van der Waals surface area contributed by atoms with E-state index in [1.165, 1.54) is 23.1 Å². The van der Waals surface area contributed by atoms with Crippen LogP contribution in [0.5, 0.6) is 11.5 Å². The van der Waals surface area contributed by atoms with Crippen molar-refractivity contribution < 1.29 is 19.2 Å². The van der Waals surface area contributed by atoms with Crippen molar-refractivity contribution in [2.24, 2.45) is 0 Å². The number of carbonyl (C=O) groups excluding carboxylic acids is 1. The van der Waals surface area contributed by atoms with Crippen LogP contribution in [0.1, 0.15) is 11.1 Å². The zero-order valence-electron chi connectivity index (χ0n) is 18.1. The van der Waals surface area contributed by atoms with Crippen molar-refractivity contribution in [3.63, 3.8) is 0 Å². The third-order valence-electron chi connectivity index (χ3n) is 4.97. The Balaban J connectivity index is 1.59. The molecule has 1 heterocycles. The average Bonchev–Trinajstić information content (AvgIpc) is 3.11. The number of thiocarbonyl (C=S) groups is 1. The number of nitro benzene ring substituents is 1. The van der Waals surface area contributed by atoms with Crippen LogP contribution in [0.25, 0.3) is 6.08 Å². The van der Waals surface area contributed by atoms with E-state index in [4.69, 9.17) is 33.3 Å². The molecule has 0 saturated carbocycles. The van der Waals surface area contributed by atoms with Crippen LogP contribution >= 0.6 is 58.2 Å². The Bertz CT molecular complexity index is 1380. The monoisotopic (exact) mass is 638 g/mol. The summed E-state index contributed by atoms with van der Waals surface area (Å²) in [5.74, 6) is 0.715. The molecule has 0 N–H and O–H groups in total. The van der Waals surface area contributed by atoms with E-state index in [1.807, 2.05) is 24.3 Å². The van der Waals surface area contributed by atoms with Crippen LogP contribution in [-0.4, -0.2) is 22.3 Å². The SMILES string of the molecule is COc1cc(/C=C2\SC(=S)N(c3cccc([N+](=O)[O-])c3)C2=O)cc(I)c1OCc1ccccc1Cl. The number of ether oxygens (including phenoxy) is 2. The van der Waals surface area contributed by atoms with Crippen molar-refractivity contribution in [2.75, 3.05) is 12.0 Å². The zero-order valence-corrected chi connectivity index (χ0v) is 22.6. The average molecular weight is 639 g/mol. The molecular weight excluding hydrogens is 623 g/mol. The summed E-state index contributed by atoms with van der Waals surface area (Å²) < 4.78 is 12.6. The van der Waals surface area contributed by atoms with E-state index >= 15 is 0 Å². The highest BCUT2D eigenvalue weighted by Gasteiger charge is 2.34. The Morgan fingerprint density at radius 1 is 1.20 bits per heavy atom. The zero-order chi connectivity index (χ0) is 25.1. The molecule has 1 fully saturated rings. The summed E-state index contributed by atoms with van der Waals surface area (Å²) in [7, 11) is 1.54. The van der Waals surface area contributed by atoms with Gasteiger partial charge in [-0.3, -0.25) is 19.8 Å². The Morgan fingerprint density at radius 3 is 2.69 bits per heavy atom. The van der Waals surface area contributed by atoms with Gasteiger partial charge in [-0.05, 0) is 58.5 Å². The second-order valence-corrected chi connectivity index (χ2v) is 10.5. The molecule has 4 rings (SSSR count). The predicted molar refractivity (Wildman–Crippen MR) is 150 cm³/mol. The van der Waals surface area contributed by atoms with Gasteiger partial charge in [-0.15, -0.1) is 0 Å². The maximum absolute atomic E-state index is 13.1. The van der Waals surface area contributed by atoms with Crippen LogP contribution in [0.15, 0.2) is 65.6 Å². The van der Waals surface area contributed by atoms with Gasteiger partial charge in [0.1, 0.15) is 6.61 Å². The predicted octanol–water partition coefficient (Wildman–Crippen LogP) is 6.85. The van der Waals surface area contributed by atoms with Gasteiger partial charge in [-0.2, -0.15) is 0 Å². The number of halogens is 2. The Kier molecular flexibility index (Phi) is 7.95. The molecule has 0 bridgehead atoms. The maximum Gasteiger partial charge on any atom is 0.271 e. The fraction of sp³-hybridized carbons (Fsp3) is 0.0833. The van der Waals surface area contributed by atoms with E-state index < -0.39 is 4.92 Å². The van der Waals surface area contributed by atoms with E-state index in [0.717, 1.165) is 26.5 Å². The Hall–Kier alpha value is -2.67. The van der Waals surface area contributed by atoms with Gasteiger partial charge in [0.2, 0.25) is 0 Å². The van der Waals surface area contributed by atoms with Gasteiger partial charge >= 0.3 is 0 Å². The number of rotatable bonds is 7. The molecular formula is C24H16ClIN2O5S2. The molecule has 7 nitrogen and oxygen atoms in total. The van der Waals surface area contributed by atoms with Crippen molar-refractivity contribution in [2.45, 2.75) is 6.61 Å². The Morgan fingerprint density at radius 2 is 1.97 bits per heavy atom. The van der Waals surface area contributed by atoms with Gasteiger partial charge < -0.3 is 9.47 Å². The van der Waals surface area contributed by atoms with Crippen LogP contribution in [0.2, 0.25) is 5.02 Å². The van der Waals surface area contributed by atoms with Crippen LogP contribution in [0.4, 0.5) is 11.4 Å². The summed E-state index contributed by atoms with van der Waals surface area (Å²) in [6, 6.07) is 16.9. The minimum absolute atomic E-state index is 0.118. The Labute approximate surface area is 229 Å². The quantitative estimate of drug-likeness (QED) is 0.0921. The topological polar surface area (TPSA) is 81.9 Å². The van der Waals surface area contributed by atoms with E-state index in [0.29, 0.717) is 31.4 Å². The van der Waals surface area contributed by atoms with Gasteiger partial charge in [0.15, 0.2) is 15.8 Å². The first-order valence-electron chi connectivity index (χ1n) is 10.0. The third kappa shape index (κ3) is 5.61. The molecule has 3 aromatic carbocycles. The molecule has 0 unspecified atom stereocenters. The van der Waals surface area contributed by atoms with Gasteiger partial charge in [-0.25, -0.2) is 0 Å². The van der Waals surface area contributed by atoms with Crippen LogP contribution in [0, 0.1) is 13.7 Å². The van der Waals surface area contributed by atoms with Gasteiger partial charge in [0.05, 0.1) is 26.2 Å². The highest BCUT2D eigenvalue weighted by Crippen LogP contribution is 2.39. The lowest BCUT2D eigenvalue weighted by molar-refractivity contribution is -0.384. The molecule has 11 heteroatoms. The largest absolute Gasteiger partial charge is 0.493 e. The lowest BCUT2D eigenvalue weighted by atomic mass is 10.1. The maximum atomic E-state index is 13.1. The molecule has 0 aliphatic carbocycles. The lowest BCUT2D eigenvalue weighted by Gasteiger charge is -2.15. The second-order valence-electron chi connectivity index (χ2n) is 7.21. The lowest BCUT2D eigenvalue weighted by Crippen LogP contribution is -2.27. The first-order valence-corrected chi connectivity index (χ1v) is 12.7. The number of nitro groups is 1. The van der Waals surface area contributed by atoms with E-state index in [1.54, 1.807) is 31.4 Å². The van der Waals surface area contributed by atoms with E-state index in [9.17, 15) is 14.9 Å². The molecule has 0 radical (unpaired) electrons. The summed E-state index contributed by atoms with van der Waals surface area (Å²) in [6.45, 7) is 0.271. The number of hydrogen-bond donors (Lipinski definition) is 0. The molecule has 0 spiro atoms. The number of non-ortho nitro benzene ring substituents is 1. The molecule has 1 amide bonds. The number of thioether (sulfide) groups is 1. The number of nitrogens with zero attached hydrogens (tertiary/aromatic N) is 2. The molecule has 0 atom stereocenters. The number of benzene rings is 3. The van der Waals surface area contributed by atoms with E-state index in [2.05, 4.69) is 22.6 Å². The molecule has 178 valence electrons. The van der Waals surface area contributed by atoms with Crippen LogP contribution in [0.3, 0.4) is 0 Å². The second kappa shape index (κ2) is 10.9. The minimum atomic E-state index is -0.513. The smallest absolute Gasteiger partial charge is 0.271 e. The number of amides is 1. The molecule has 3 aromatic rings. The normalized spacial score (nSPS) is 14.5. The highest BCUT2D eigenvalue weighted by molar-refractivity contribution is 14.1. The summed E-state index contributed by atoms with van der Waals surface area (Å²) >= 11 is 14.9. The summed E-state index contributed by atoms with van der Waals surface area (Å²) in [6.07, 6.45) is 1.71. The van der Waals surface area contributed by atoms with Crippen molar-refractivity contribution in [3.8, 4) is 11.5 Å². The molecule has 1 aliphatic rings. The fourth-order valence-electron chi connectivity index (χ4n) is 3.32. The molecule has 35 heavy (non-hydrogen) atoms. The summed E-state index contributed by atoms with van der Waals surface area (Å²) in [5.41, 5.74) is 1.80. The first kappa shape index (κ1) is 25.4. The van der Waals surface area contributed by atoms with Crippen LogP contribution < -0.4 is 14.4 Å². The fourth-order valence-corrected chi connectivity index (χ4v) is 5.59. The number of carbonyl (C=O) groups is 1. The highest BCUT2D eigenvalue weighted by atomic mass is 127. The standard InChI is InChI=1S/C24H16ClIN2O5S2/c1-32-20-10-14(9-19(26)22(20)33-13-15-5-2-3-8-18(15)25)11-21-23(29)27(24(34)35-21)16-6-4-7-17(12-16)28(30)31/h2-12H,13H2,1H3/b21-11-. The van der Waals surface area contributed by atoms with E-state index in [-0.39, 0.29) is 18.2 Å². The molecule has 0 aromatic heterocycles. The number of methoxy groups -OCH3 is 1. The third-order valence-corrected chi connectivity index (χ3v) is 7.44. The van der Waals surface area contributed by atoms with Crippen LogP contribution in [-0.2, 0) is 11.4 Å².